The summed E-state index contributed by atoms with van der Waals surface area (Å²) in [6.07, 6.45) is -0.235. The fourth-order valence-corrected chi connectivity index (χ4v) is 1.35. The minimum Gasteiger partial charge on any atom is -0.480 e. The van der Waals surface area contributed by atoms with Crippen molar-refractivity contribution >= 4 is 11.9 Å². The van der Waals surface area contributed by atoms with Crippen molar-refractivity contribution in [1.82, 2.24) is 5.32 Å². The number of aliphatic carboxylic acids is 1. The van der Waals surface area contributed by atoms with Crippen LogP contribution >= 0.6 is 0 Å². The summed E-state index contributed by atoms with van der Waals surface area (Å²) in [6, 6.07) is 1.63. The molecule has 0 spiro atoms. The molecule has 1 atom stereocenters. The van der Waals surface area contributed by atoms with Crippen molar-refractivity contribution < 1.29 is 23.5 Å². The standard InChI is InChI=1S/C11H11F2NO3/c1-6(15)14-10(11(16)17)4-7-2-3-8(12)5-9(7)13/h2-3,5,10H,4H2,1H3,(H,14,15)(H,16,17)/t10-/m1/s1. The lowest BCUT2D eigenvalue weighted by Gasteiger charge is -2.13. The molecular weight excluding hydrogens is 232 g/mol. The van der Waals surface area contributed by atoms with Crippen molar-refractivity contribution in [2.45, 2.75) is 19.4 Å². The lowest BCUT2D eigenvalue weighted by atomic mass is 10.1. The highest BCUT2D eigenvalue weighted by Gasteiger charge is 2.20. The van der Waals surface area contributed by atoms with Gasteiger partial charge >= 0.3 is 5.97 Å². The Labute approximate surface area is 96.3 Å². The highest BCUT2D eigenvalue weighted by atomic mass is 19.1. The zero-order valence-corrected chi connectivity index (χ0v) is 9.04. The SMILES string of the molecule is CC(=O)N[C@H](Cc1ccc(F)cc1F)C(=O)O. The molecule has 4 nitrogen and oxygen atoms in total. The van der Waals surface area contributed by atoms with Crippen LogP contribution in [-0.2, 0) is 16.0 Å². The summed E-state index contributed by atoms with van der Waals surface area (Å²) in [5.74, 6) is -3.37. The van der Waals surface area contributed by atoms with E-state index in [9.17, 15) is 18.4 Å². The summed E-state index contributed by atoms with van der Waals surface area (Å²) in [7, 11) is 0. The molecule has 2 N–H and O–H groups in total. The van der Waals surface area contributed by atoms with Crippen molar-refractivity contribution in [3.8, 4) is 0 Å². The van der Waals surface area contributed by atoms with E-state index in [2.05, 4.69) is 5.32 Å². The van der Waals surface area contributed by atoms with E-state index in [-0.39, 0.29) is 12.0 Å². The van der Waals surface area contributed by atoms with Gasteiger partial charge in [0.05, 0.1) is 0 Å². The lowest BCUT2D eigenvalue weighted by molar-refractivity contribution is -0.141. The van der Waals surface area contributed by atoms with E-state index in [0.29, 0.717) is 6.07 Å². The normalized spacial score (nSPS) is 11.9. The third-order valence-electron chi connectivity index (χ3n) is 2.11. The summed E-state index contributed by atoms with van der Waals surface area (Å²) in [4.78, 5) is 21.6. The molecule has 0 radical (unpaired) electrons. The molecule has 0 bridgehead atoms. The number of carboxylic acid groups (broad SMARTS) is 1. The molecule has 6 heteroatoms. The van der Waals surface area contributed by atoms with Gasteiger partial charge in [-0.15, -0.1) is 0 Å². The monoisotopic (exact) mass is 243 g/mol. The highest BCUT2D eigenvalue weighted by Crippen LogP contribution is 2.11. The van der Waals surface area contributed by atoms with E-state index >= 15 is 0 Å². The molecule has 0 aliphatic rings. The van der Waals surface area contributed by atoms with Gasteiger partial charge in [0, 0.05) is 19.4 Å². The van der Waals surface area contributed by atoms with E-state index in [1.54, 1.807) is 0 Å². The van der Waals surface area contributed by atoms with Gasteiger partial charge in [-0.1, -0.05) is 6.07 Å². The van der Waals surface area contributed by atoms with Gasteiger partial charge in [-0.3, -0.25) is 4.79 Å². The topological polar surface area (TPSA) is 66.4 Å². The van der Waals surface area contributed by atoms with Crippen LogP contribution in [0.25, 0.3) is 0 Å². The number of hydrogen-bond acceptors (Lipinski definition) is 2. The Bertz CT molecular complexity index is 448. The third kappa shape index (κ3) is 3.82. The average molecular weight is 243 g/mol. The van der Waals surface area contributed by atoms with E-state index in [0.717, 1.165) is 19.1 Å². The highest BCUT2D eigenvalue weighted by molar-refractivity contribution is 5.82. The molecule has 0 aliphatic heterocycles. The van der Waals surface area contributed by atoms with Crippen LogP contribution in [0.5, 0.6) is 0 Å². The van der Waals surface area contributed by atoms with E-state index in [1.807, 2.05) is 0 Å². The summed E-state index contributed by atoms with van der Waals surface area (Å²) < 4.78 is 25.9. The van der Waals surface area contributed by atoms with Gasteiger partial charge in [0.15, 0.2) is 0 Å². The van der Waals surface area contributed by atoms with E-state index < -0.39 is 29.6 Å². The number of amides is 1. The van der Waals surface area contributed by atoms with Crippen LogP contribution in [0.15, 0.2) is 18.2 Å². The fraction of sp³-hybridized carbons (Fsp3) is 0.273. The second-order valence-corrected chi connectivity index (χ2v) is 3.53. The summed E-state index contributed by atoms with van der Waals surface area (Å²) in [5.41, 5.74) is 0.0348. The van der Waals surface area contributed by atoms with Crippen molar-refractivity contribution in [1.29, 1.82) is 0 Å². The third-order valence-corrected chi connectivity index (χ3v) is 2.11. The molecule has 1 aromatic carbocycles. The maximum atomic E-state index is 13.3. The molecule has 17 heavy (non-hydrogen) atoms. The van der Waals surface area contributed by atoms with Gasteiger partial charge in [0.1, 0.15) is 17.7 Å². The molecule has 1 rings (SSSR count). The van der Waals surface area contributed by atoms with Crippen LogP contribution in [0.2, 0.25) is 0 Å². The lowest BCUT2D eigenvalue weighted by Crippen LogP contribution is -2.41. The maximum absolute atomic E-state index is 13.3. The molecule has 1 aromatic rings. The Morgan fingerprint density at radius 1 is 1.41 bits per heavy atom. The molecule has 0 heterocycles. The molecule has 0 unspecified atom stereocenters. The molecule has 0 aliphatic carbocycles. The molecule has 92 valence electrons. The first-order valence-corrected chi connectivity index (χ1v) is 4.84. The largest absolute Gasteiger partial charge is 0.480 e. The van der Waals surface area contributed by atoms with Crippen LogP contribution in [0.4, 0.5) is 8.78 Å². The molecule has 0 saturated carbocycles. The van der Waals surface area contributed by atoms with Gasteiger partial charge in [-0.2, -0.15) is 0 Å². The van der Waals surface area contributed by atoms with Crippen LogP contribution in [0, 0.1) is 11.6 Å². The van der Waals surface area contributed by atoms with Crippen molar-refractivity contribution in [2.75, 3.05) is 0 Å². The molecular formula is C11H11F2NO3. The van der Waals surface area contributed by atoms with Crippen LogP contribution in [0.1, 0.15) is 12.5 Å². The molecule has 0 fully saturated rings. The number of rotatable bonds is 4. The molecule has 0 aromatic heterocycles. The van der Waals surface area contributed by atoms with Gasteiger partial charge in [-0.25, -0.2) is 13.6 Å². The zero-order valence-electron chi connectivity index (χ0n) is 9.04. The quantitative estimate of drug-likeness (QED) is 0.832. The first-order valence-electron chi connectivity index (χ1n) is 4.84. The number of halogens is 2. The Kier molecular flexibility index (Phi) is 4.14. The summed E-state index contributed by atoms with van der Waals surface area (Å²) >= 11 is 0. The minimum atomic E-state index is -1.27. The smallest absolute Gasteiger partial charge is 0.326 e. The van der Waals surface area contributed by atoms with Gasteiger partial charge < -0.3 is 10.4 Å². The number of carboxylic acids is 1. The number of carbonyl (C=O) groups excluding carboxylic acids is 1. The van der Waals surface area contributed by atoms with Crippen molar-refractivity contribution in [3.05, 3.63) is 35.4 Å². The van der Waals surface area contributed by atoms with Gasteiger partial charge in [0.25, 0.3) is 0 Å². The second kappa shape index (κ2) is 5.38. The Morgan fingerprint density at radius 2 is 2.06 bits per heavy atom. The second-order valence-electron chi connectivity index (χ2n) is 3.53. The van der Waals surface area contributed by atoms with Crippen LogP contribution in [-0.4, -0.2) is 23.0 Å². The van der Waals surface area contributed by atoms with Crippen molar-refractivity contribution in [2.24, 2.45) is 0 Å². The van der Waals surface area contributed by atoms with Gasteiger partial charge in [0.2, 0.25) is 5.91 Å². The fourth-order valence-electron chi connectivity index (χ4n) is 1.35. The zero-order chi connectivity index (χ0) is 13.0. The summed E-state index contributed by atoms with van der Waals surface area (Å²) in [5, 5.41) is 11.0. The Morgan fingerprint density at radius 3 is 2.53 bits per heavy atom. The summed E-state index contributed by atoms with van der Waals surface area (Å²) in [6.45, 7) is 1.16. The number of nitrogens with one attached hydrogen (secondary N) is 1. The van der Waals surface area contributed by atoms with E-state index in [1.165, 1.54) is 0 Å². The number of carbonyl (C=O) groups is 2. The predicted molar refractivity (Wildman–Crippen MR) is 55.3 cm³/mol. The average Bonchev–Trinajstić information content (AvgIpc) is 2.19. The van der Waals surface area contributed by atoms with Crippen molar-refractivity contribution in [3.63, 3.8) is 0 Å². The Hall–Kier alpha value is -1.98. The predicted octanol–water partition coefficient (Wildman–Crippen LogP) is 1.10. The first-order chi connectivity index (χ1) is 7.90. The number of hydrogen-bond donors (Lipinski definition) is 2. The molecule has 0 saturated heterocycles. The number of benzene rings is 1. The molecule has 1 amide bonds. The Balaban J connectivity index is 2.86. The van der Waals surface area contributed by atoms with Crippen LogP contribution < -0.4 is 5.32 Å². The van der Waals surface area contributed by atoms with Crippen LogP contribution in [0.3, 0.4) is 0 Å². The van der Waals surface area contributed by atoms with Gasteiger partial charge in [-0.05, 0) is 11.6 Å². The maximum Gasteiger partial charge on any atom is 0.326 e. The van der Waals surface area contributed by atoms with E-state index in [4.69, 9.17) is 5.11 Å². The minimum absolute atomic E-state index is 0.0348. The first kappa shape index (κ1) is 13.1.